The second kappa shape index (κ2) is 6.78. The van der Waals surface area contributed by atoms with Crippen LogP contribution in [0.5, 0.6) is 5.75 Å². The lowest BCUT2D eigenvalue weighted by molar-refractivity contribution is -0.143. The number of amides is 1. The quantitative estimate of drug-likeness (QED) is 0.728. The van der Waals surface area contributed by atoms with Gasteiger partial charge in [-0.3, -0.25) is 4.79 Å². The highest BCUT2D eigenvalue weighted by Gasteiger charge is 2.25. The molecule has 104 valence electrons. The lowest BCUT2D eigenvalue weighted by Gasteiger charge is -2.20. The predicted octanol–water partition coefficient (Wildman–Crippen LogP) is 1.55. The largest absolute Gasteiger partial charge is 0.508 e. The van der Waals surface area contributed by atoms with E-state index in [1.54, 1.807) is 19.1 Å². The van der Waals surface area contributed by atoms with Crippen LogP contribution in [-0.4, -0.2) is 28.1 Å². The van der Waals surface area contributed by atoms with E-state index >= 15 is 0 Å². The topological polar surface area (TPSA) is 86.6 Å². The van der Waals surface area contributed by atoms with Crippen molar-refractivity contribution < 1.29 is 19.8 Å². The molecule has 19 heavy (non-hydrogen) atoms. The third-order valence-electron chi connectivity index (χ3n) is 3.10. The van der Waals surface area contributed by atoms with E-state index in [0.717, 1.165) is 5.56 Å². The smallest absolute Gasteiger partial charge is 0.326 e. The molecule has 0 aliphatic rings. The van der Waals surface area contributed by atoms with Crippen LogP contribution in [0, 0.1) is 5.92 Å². The van der Waals surface area contributed by atoms with Crippen molar-refractivity contribution in [3.05, 3.63) is 29.8 Å². The number of aliphatic carboxylic acids is 1. The van der Waals surface area contributed by atoms with Gasteiger partial charge in [0.1, 0.15) is 11.8 Å². The van der Waals surface area contributed by atoms with Crippen molar-refractivity contribution >= 4 is 11.9 Å². The molecule has 0 saturated carbocycles. The summed E-state index contributed by atoms with van der Waals surface area (Å²) < 4.78 is 0. The minimum Gasteiger partial charge on any atom is -0.508 e. The highest BCUT2D eigenvalue weighted by molar-refractivity contribution is 5.85. The molecule has 1 aromatic carbocycles. The fraction of sp³-hybridized carbons (Fsp3) is 0.429. The summed E-state index contributed by atoms with van der Waals surface area (Å²) in [5, 5.41) is 20.7. The van der Waals surface area contributed by atoms with Gasteiger partial charge >= 0.3 is 5.97 Å². The van der Waals surface area contributed by atoms with E-state index in [0.29, 0.717) is 6.42 Å². The van der Waals surface area contributed by atoms with Crippen molar-refractivity contribution in [2.75, 3.05) is 0 Å². The van der Waals surface area contributed by atoms with Crippen LogP contribution in [0.2, 0.25) is 0 Å². The van der Waals surface area contributed by atoms with Crippen LogP contribution in [0.1, 0.15) is 25.8 Å². The van der Waals surface area contributed by atoms with Gasteiger partial charge in [-0.1, -0.05) is 32.4 Å². The zero-order chi connectivity index (χ0) is 14.4. The zero-order valence-corrected chi connectivity index (χ0v) is 11.1. The van der Waals surface area contributed by atoms with Crippen molar-refractivity contribution in [3.8, 4) is 5.75 Å². The van der Waals surface area contributed by atoms with Gasteiger partial charge in [-0.25, -0.2) is 4.79 Å². The predicted molar refractivity (Wildman–Crippen MR) is 70.8 cm³/mol. The number of hydrogen-bond acceptors (Lipinski definition) is 3. The number of phenolic OH excluding ortho intramolecular Hbond substituents is 1. The van der Waals surface area contributed by atoms with Crippen LogP contribution >= 0.6 is 0 Å². The van der Waals surface area contributed by atoms with Crippen LogP contribution in [0.4, 0.5) is 0 Å². The Hall–Kier alpha value is -2.04. The number of rotatable bonds is 6. The van der Waals surface area contributed by atoms with Gasteiger partial charge < -0.3 is 15.5 Å². The molecular formula is C14H19NO4. The molecule has 2 atom stereocenters. The Kier molecular flexibility index (Phi) is 5.36. The van der Waals surface area contributed by atoms with E-state index in [-0.39, 0.29) is 24.0 Å². The molecule has 5 heteroatoms. The van der Waals surface area contributed by atoms with Gasteiger partial charge in [0, 0.05) is 0 Å². The fourth-order valence-electron chi connectivity index (χ4n) is 1.71. The molecule has 5 nitrogen and oxygen atoms in total. The summed E-state index contributed by atoms with van der Waals surface area (Å²) in [7, 11) is 0. The van der Waals surface area contributed by atoms with Crippen molar-refractivity contribution in [1.82, 2.24) is 5.32 Å². The maximum Gasteiger partial charge on any atom is 0.326 e. The summed E-state index contributed by atoms with van der Waals surface area (Å²) in [6.45, 7) is 3.67. The third kappa shape index (κ3) is 4.62. The number of phenols is 1. The minimum atomic E-state index is -1.02. The van der Waals surface area contributed by atoms with E-state index in [1.807, 2.05) is 6.92 Å². The van der Waals surface area contributed by atoms with Gasteiger partial charge in [-0.15, -0.1) is 0 Å². The molecule has 0 fully saturated rings. The van der Waals surface area contributed by atoms with E-state index in [2.05, 4.69) is 5.32 Å². The molecule has 1 rings (SSSR count). The van der Waals surface area contributed by atoms with E-state index in [9.17, 15) is 9.59 Å². The second-order valence-corrected chi connectivity index (χ2v) is 4.61. The first-order chi connectivity index (χ1) is 8.93. The summed E-state index contributed by atoms with van der Waals surface area (Å²) in [4.78, 5) is 22.9. The van der Waals surface area contributed by atoms with Gasteiger partial charge in [0.2, 0.25) is 5.91 Å². The van der Waals surface area contributed by atoms with Crippen LogP contribution in [-0.2, 0) is 16.0 Å². The van der Waals surface area contributed by atoms with Gasteiger partial charge in [-0.05, 0) is 23.6 Å². The number of benzene rings is 1. The molecule has 1 amide bonds. The van der Waals surface area contributed by atoms with Crippen molar-refractivity contribution in [3.63, 3.8) is 0 Å². The normalized spacial score (nSPS) is 13.6. The van der Waals surface area contributed by atoms with Crippen LogP contribution in [0.3, 0.4) is 0 Å². The third-order valence-corrected chi connectivity index (χ3v) is 3.10. The van der Waals surface area contributed by atoms with Gasteiger partial charge in [0.15, 0.2) is 0 Å². The number of carbonyl (C=O) groups is 2. The van der Waals surface area contributed by atoms with E-state index in [1.165, 1.54) is 12.1 Å². The van der Waals surface area contributed by atoms with E-state index < -0.39 is 12.0 Å². The minimum absolute atomic E-state index is 0.0977. The molecule has 0 heterocycles. The monoisotopic (exact) mass is 265 g/mol. The molecule has 0 radical (unpaired) electrons. The fourth-order valence-corrected chi connectivity index (χ4v) is 1.71. The Bertz CT molecular complexity index is 441. The first-order valence-corrected chi connectivity index (χ1v) is 6.24. The Morgan fingerprint density at radius 3 is 2.32 bits per heavy atom. The Balaban J connectivity index is 2.62. The Morgan fingerprint density at radius 2 is 1.84 bits per heavy atom. The van der Waals surface area contributed by atoms with Crippen molar-refractivity contribution in [2.45, 2.75) is 32.7 Å². The molecule has 3 N–H and O–H groups in total. The number of aromatic hydroxyl groups is 1. The number of nitrogens with one attached hydrogen (secondary N) is 1. The molecule has 0 aliphatic carbocycles. The SMILES string of the molecule is CC[C@H](C)[C@H](NC(=O)Cc1ccc(O)cc1)C(=O)O. The Labute approximate surface area is 112 Å². The average Bonchev–Trinajstić information content (AvgIpc) is 2.37. The van der Waals surface area contributed by atoms with Crippen LogP contribution in [0.25, 0.3) is 0 Å². The van der Waals surface area contributed by atoms with E-state index in [4.69, 9.17) is 10.2 Å². The number of hydrogen-bond donors (Lipinski definition) is 3. The van der Waals surface area contributed by atoms with Gasteiger partial charge in [0.05, 0.1) is 6.42 Å². The molecule has 0 spiro atoms. The standard InChI is InChI=1S/C14H19NO4/c1-3-9(2)13(14(18)19)15-12(17)8-10-4-6-11(16)7-5-10/h4-7,9,13,16H,3,8H2,1-2H3,(H,15,17)(H,18,19)/t9-,13-/m0/s1. The van der Waals surface area contributed by atoms with Gasteiger partial charge in [0.25, 0.3) is 0 Å². The maximum atomic E-state index is 11.8. The first-order valence-electron chi connectivity index (χ1n) is 6.24. The molecule has 0 aromatic heterocycles. The first kappa shape index (κ1) is 15.0. The summed E-state index contributed by atoms with van der Waals surface area (Å²) in [5.74, 6) is -1.35. The highest BCUT2D eigenvalue weighted by Crippen LogP contribution is 2.11. The highest BCUT2D eigenvalue weighted by atomic mass is 16.4. The molecular weight excluding hydrogens is 246 g/mol. The molecule has 0 bridgehead atoms. The lowest BCUT2D eigenvalue weighted by Crippen LogP contribution is -2.45. The van der Waals surface area contributed by atoms with Crippen LogP contribution < -0.4 is 5.32 Å². The summed E-state index contributed by atoms with van der Waals surface area (Å²) in [6, 6.07) is 5.38. The van der Waals surface area contributed by atoms with Crippen LogP contribution in [0.15, 0.2) is 24.3 Å². The number of carbonyl (C=O) groups excluding carboxylic acids is 1. The average molecular weight is 265 g/mol. The van der Waals surface area contributed by atoms with Gasteiger partial charge in [-0.2, -0.15) is 0 Å². The van der Waals surface area contributed by atoms with Crippen molar-refractivity contribution in [2.24, 2.45) is 5.92 Å². The molecule has 0 saturated heterocycles. The molecule has 0 aliphatic heterocycles. The van der Waals surface area contributed by atoms with Crippen molar-refractivity contribution in [1.29, 1.82) is 0 Å². The molecule has 1 aromatic rings. The number of carboxylic acids is 1. The summed E-state index contributed by atoms with van der Waals surface area (Å²) in [5.41, 5.74) is 0.726. The molecule has 0 unspecified atom stereocenters. The number of carboxylic acid groups (broad SMARTS) is 1. The maximum absolute atomic E-state index is 11.8. The summed E-state index contributed by atoms with van der Waals surface area (Å²) in [6.07, 6.45) is 0.775. The lowest BCUT2D eigenvalue weighted by atomic mass is 9.99. The second-order valence-electron chi connectivity index (χ2n) is 4.61. The summed E-state index contributed by atoms with van der Waals surface area (Å²) >= 11 is 0. The zero-order valence-electron chi connectivity index (χ0n) is 11.1. The Morgan fingerprint density at radius 1 is 1.26 bits per heavy atom.